The van der Waals surface area contributed by atoms with Crippen molar-refractivity contribution in [1.82, 2.24) is 4.90 Å². The van der Waals surface area contributed by atoms with E-state index < -0.39 is 24.1 Å². The van der Waals surface area contributed by atoms with E-state index in [-0.39, 0.29) is 13.0 Å². The van der Waals surface area contributed by atoms with Crippen LogP contribution in [0, 0.1) is 0 Å². The summed E-state index contributed by atoms with van der Waals surface area (Å²) in [6.45, 7) is 0.0771. The maximum absolute atomic E-state index is 11.2. The van der Waals surface area contributed by atoms with E-state index >= 15 is 0 Å². The molecule has 15 heavy (non-hydrogen) atoms. The predicted octanol–water partition coefficient (Wildman–Crippen LogP) is 0.591. The second kappa shape index (κ2) is 4.52. The first-order valence-electron chi connectivity index (χ1n) is 4.21. The van der Waals surface area contributed by atoms with E-state index in [1.807, 2.05) is 0 Å². The van der Waals surface area contributed by atoms with Gasteiger partial charge < -0.3 is 9.84 Å². The smallest absolute Gasteiger partial charge is 0.410 e. The van der Waals surface area contributed by atoms with Crippen LogP contribution in [0.25, 0.3) is 10.4 Å². The molecule has 1 unspecified atom stereocenters. The lowest BCUT2D eigenvalue weighted by Crippen LogP contribution is -2.40. The maximum Gasteiger partial charge on any atom is 0.410 e. The number of aliphatic carboxylic acids is 1. The third-order valence-electron chi connectivity index (χ3n) is 2.19. The van der Waals surface area contributed by atoms with Crippen molar-refractivity contribution in [3.63, 3.8) is 0 Å². The summed E-state index contributed by atoms with van der Waals surface area (Å²) >= 11 is 0. The maximum atomic E-state index is 11.2. The number of carboxylic acid groups (broad SMARTS) is 1. The molecular formula is C7H10N4O4. The van der Waals surface area contributed by atoms with Gasteiger partial charge in [-0.25, -0.2) is 9.59 Å². The van der Waals surface area contributed by atoms with Crippen molar-refractivity contribution in [2.24, 2.45) is 5.11 Å². The summed E-state index contributed by atoms with van der Waals surface area (Å²) in [5.41, 5.74) is 8.21. The van der Waals surface area contributed by atoms with Crippen LogP contribution >= 0.6 is 0 Å². The molecule has 0 saturated carbocycles. The van der Waals surface area contributed by atoms with Gasteiger partial charge in [-0.05, 0) is 12.0 Å². The van der Waals surface area contributed by atoms with Crippen LogP contribution < -0.4 is 0 Å². The Hall–Kier alpha value is -1.95. The number of carbonyl (C=O) groups is 2. The Morgan fingerprint density at radius 2 is 2.33 bits per heavy atom. The number of amides is 1. The highest BCUT2D eigenvalue weighted by atomic mass is 16.5. The van der Waals surface area contributed by atoms with Gasteiger partial charge in [0.15, 0.2) is 0 Å². The number of hydrogen-bond acceptors (Lipinski definition) is 4. The second-order valence-electron chi connectivity index (χ2n) is 3.07. The van der Waals surface area contributed by atoms with E-state index in [9.17, 15) is 9.59 Å². The summed E-state index contributed by atoms with van der Waals surface area (Å²) in [6, 6.07) is -1.48. The largest absolute Gasteiger partial charge is 0.480 e. The predicted molar refractivity (Wildman–Crippen MR) is 48.1 cm³/mol. The van der Waals surface area contributed by atoms with Crippen LogP contribution in [0.5, 0.6) is 0 Å². The summed E-state index contributed by atoms with van der Waals surface area (Å²) in [6.07, 6.45) is -0.605. The molecule has 0 spiro atoms. The molecule has 1 aliphatic heterocycles. The lowest BCUT2D eigenvalue weighted by Gasteiger charge is -2.19. The number of carbonyl (C=O) groups excluding carboxylic acids is 1. The number of methoxy groups -OCH3 is 1. The monoisotopic (exact) mass is 214 g/mol. The van der Waals surface area contributed by atoms with Crippen molar-refractivity contribution >= 4 is 12.1 Å². The summed E-state index contributed by atoms with van der Waals surface area (Å²) in [5, 5.41) is 12.2. The molecule has 2 atom stereocenters. The zero-order valence-electron chi connectivity index (χ0n) is 8.03. The van der Waals surface area contributed by atoms with Gasteiger partial charge in [-0.2, -0.15) is 0 Å². The van der Waals surface area contributed by atoms with Crippen molar-refractivity contribution in [2.45, 2.75) is 18.5 Å². The number of likely N-dealkylation sites (tertiary alicyclic amines) is 1. The molecule has 0 aromatic rings. The van der Waals surface area contributed by atoms with Crippen LogP contribution in [-0.4, -0.2) is 47.8 Å². The number of hydrogen-bond donors (Lipinski definition) is 1. The highest BCUT2D eigenvalue weighted by Crippen LogP contribution is 2.21. The molecule has 0 bridgehead atoms. The summed E-state index contributed by atoms with van der Waals surface area (Å²) in [5.74, 6) is -1.13. The average Bonchev–Trinajstić information content (AvgIpc) is 2.61. The minimum absolute atomic E-state index is 0.0771. The van der Waals surface area contributed by atoms with Gasteiger partial charge in [0, 0.05) is 11.5 Å². The number of nitrogens with zero attached hydrogens (tertiary/aromatic N) is 4. The van der Waals surface area contributed by atoms with Crippen LogP contribution in [0.15, 0.2) is 5.11 Å². The van der Waals surface area contributed by atoms with Crippen molar-refractivity contribution in [2.75, 3.05) is 13.7 Å². The molecular weight excluding hydrogens is 204 g/mol. The van der Waals surface area contributed by atoms with Crippen LogP contribution in [0.1, 0.15) is 6.42 Å². The number of carboxylic acids is 1. The number of rotatable bonds is 2. The van der Waals surface area contributed by atoms with E-state index in [0.717, 1.165) is 4.90 Å². The Kier molecular flexibility index (Phi) is 3.35. The Balaban J connectivity index is 2.80. The van der Waals surface area contributed by atoms with Gasteiger partial charge in [0.2, 0.25) is 0 Å². The molecule has 8 heteroatoms. The van der Waals surface area contributed by atoms with Gasteiger partial charge in [-0.15, -0.1) is 0 Å². The number of ether oxygens (including phenoxy) is 1. The average molecular weight is 214 g/mol. The fourth-order valence-electron chi connectivity index (χ4n) is 1.52. The molecule has 1 N–H and O–H groups in total. The van der Waals surface area contributed by atoms with E-state index in [2.05, 4.69) is 14.8 Å². The third-order valence-corrected chi connectivity index (χ3v) is 2.19. The molecule has 1 rings (SSSR count). The van der Waals surface area contributed by atoms with Crippen molar-refractivity contribution in [1.29, 1.82) is 0 Å². The lowest BCUT2D eigenvalue weighted by molar-refractivity contribution is -0.141. The van der Waals surface area contributed by atoms with Crippen LogP contribution in [0.4, 0.5) is 4.79 Å². The van der Waals surface area contributed by atoms with Crippen molar-refractivity contribution < 1.29 is 19.4 Å². The van der Waals surface area contributed by atoms with E-state index in [1.165, 1.54) is 7.11 Å². The molecule has 1 amide bonds. The summed E-state index contributed by atoms with van der Waals surface area (Å²) in [7, 11) is 1.17. The molecule has 1 fully saturated rings. The van der Waals surface area contributed by atoms with Gasteiger partial charge >= 0.3 is 12.1 Å². The highest BCUT2D eigenvalue weighted by molar-refractivity contribution is 5.80. The van der Waals surface area contributed by atoms with Crippen molar-refractivity contribution in [3.05, 3.63) is 10.4 Å². The molecule has 1 saturated heterocycles. The van der Waals surface area contributed by atoms with Crippen molar-refractivity contribution in [3.8, 4) is 0 Å². The topological polar surface area (TPSA) is 116 Å². The van der Waals surface area contributed by atoms with Crippen LogP contribution in [0.2, 0.25) is 0 Å². The van der Waals surface area contributed by atoms with Gasteiger partial charge in [-0.1, -0.05) is 5.11 Å². The fraction of sp³-hybridized carbons (Fsp3) is 0.714. The van der Waals surface area contributed by atoms with Gasteiger partial charge in [0.05, 0.1) is 13.2 Å². The molecule has 0 aromatic heterocycles. The van der Waals surface area contributed by atoms with Gasteiger partial charge in [0.25, 0.3) is 0 Å². The normalized spacial score (nSPS) is 24.5. The van der Waals surface area contributed by atoms with Crippen LogP contribution in [-0.2, 0) is 9.53 Å². The lowest BCUT2D eigenvalue weighted by atomic mass is 10.2. The Bertz CT molecular complexity index is 325. The minimum Gasteiger partial charge on any atom is -0.480 e. The van der Waals surface area contributed by atoms with E-state index in [1.54, 1.807) is 0 Å². The first-order chi connectivity index (χ1) is 7.10. The van der Waals surface area contributed by atoms with Gasteiger partial charge in [-0.3, -0.25) is 4.90 Å². The zero-order chi connectivity index (χ0) is 11.4. The highest BCUT2D eigenvalue weighted by Gasteiger charge is 2.39. The standard InChI is InChI=1S/C7H10N4O4/c1-15-7(14)11-3-4(9-10-8)2-5(11)6(12)13/h4-5H,2-3H2,1H3,(H,12,13)/t4-,5?/m0/s1. The molecule has 1 heterocycles. The Morgan fingerprint density at radius 1 is 1.67 bits per heavy atom. The Labute approximate surface area is 85.0 Å². The van der Waals surface area contributed by atoms with Gasteiger partial charge in [0.1, 0.15) is 6.04 Å². The molecule has 8 nitrogen and oxygen atoms in total. The third kappa shape index (κ3) is 2.29. The second-order valence-corrected chi connectivity index (χ2v) is 3.07. The quantitative estimate of drug-likeness (QED) is 0.411. The Morgan fingerprint density at radius 3 is 2.80 bits per heavy atom. The molecule has 82 valence electrons. The van der Waals surface area contributed by atoms with E-state index in [4.69, 9.17) is 10.6 Å². The SMILES string of the molecule is COC(=O)N1C[C@@H](N=[N+]=[N-])CC1C(=O)O. The molecule has 0 radical (unpaired) electrons. The summed E-state index contributed by atoms with van der Waals surface area (Å²) < 4.78 is 4.43. The first kappa shape index (κ1) is 11.1. The molecule has 0 aliphatic carbocycles. The summed E-state index contributed by atoms with van der Waals surface area (Å²) in [4.78, 5) is 25.6. The first-order valence-corrected chi connectivity index (χ1v) is 4.21. The van der Waals surface area contributed by atoms with Crippen LogP contribution in [0.3, 0.4) is 0 Å². The molecule has 1 aliphatic rings. The fourth-order valence-corrected chi connectivity index (χ4v) is 1.52. The molecule has 0 aromatic carbocycles. The minimum atomic E-state index is -1.13. The number of azide groups is 1. The zero-order valence-corrected chi connectivity index (χ0v) is 8.03. The van der Waals surface area contributed by atoms with E-state index in [0.29, 0.717) is 0 Å².